The van der Waals surface area contributed by atoms with Gasteiger partial charge in [-0.15, -0.1) is 0 Å². The first-order valence-corrected chi connectivity index (χ1v) is 15.0. The largest absolute Gasteiger partial charge is 0.481 e. The number of aliphatic imine (C=N–C) groups is 1. The maximum atomic E-state index is 10.7. The summed E-state index contributed by atoms with van der Waals surface area (Å²) < 4.78 is 17.0. The molecule has 0 aliphatic carbocycles. The van der Waals surface area contributed by atoms with Crippen LogP contribution in [0.5, 0.6) is 0 Å². The quantitative estimate of drug-likeness (QED) is 0.0387. The van der Waals surface area contributed by atoms with Crippen LogP contribution in [0.4, 0.5) is 0 Å². The molecular weight excluding hydrogens is 530 g/mol. The molecule has 236 valence electrons. The first kappa shape index (κ1) is 39.1. The van der Waals surface area contributed by atoms with Crippen molar-refractivity contribution in [2.45, 2.75) is 72.8 Å². The van der Waals surface area contributed by atoms with E-state index < -0.39 is 0 Å². The molecule has 8 heteroatoms. The average molecular weight is 586 g/mol. The van der Waals surface area contributed by atoms with E-state index in [4.69, 9.17) is 14.2 Å². The molecule has 0 bridgehead atoms. The fourth-order valence-electron chi connectivity index (χ4n) is 4.19. The molecule has 1 atom stereocenters. The molecule has 0 aliphatic heterocycles. The smallest absolute Gasteiger partial charge is 0.216 e. The summed E-state index contributed by atoms with van der Waals surface area (Å²) in [7, 11) is 1.53. The Labute approximate surface area is 254 Å². The summed E-state index contributed by atoms with van der Waals surface area (Å²) in [6, 6.07) is -0.239. The molecule has 8 nitrogen and oxygen atoms in total. The van der Waals surface area contributed by atoms with Crippen LogP contribution in [0, 0.1) is 4.91 Å². The van der Waals surface area contributed by atoms with Crippen LogP contribution in [-0.2, 0) is 14.2 Å². The van der Waals surface area contributed by atoms with Crippen LogP contribution >= 0.6 is 0 Å². The van der Waals surface area contributed by atoms with Crippen LogP contribution in [0.3, 0.4) is 0 Å². The number of rotatable bonds is 25. The summed E-state index contributed by atoms with van der Waals surface area (Å²) in [5, 5.41) is 15.4. The first-order chi connectivity index (χ1) is 20.4. The van der Waals surface area contributed by atoms with E-state index >= 15 is 0 Å². The van der Waals surface area contributed by atoms with Crippen molar-refractivity contribution < 1.29 is 19.3 Å². The van der Waals surface area contributed by atoms with Crippen molar-refractivity contribution in [1.29, 1.82) is 0 Å². The second kappa shape index (κ2) is 25.8. The summed E-state index contributed by atoms with van der Waals surface area (Å²) in [5.41, 5.74) is 6.74. The number of allylic oxidation sites excluding steroid dienone is 6. The third-order valence-corrected chi connectivity index (χ3v) is 6.54. The lowest BCUT2D eigenvalue weighted by atomic mass is 9.91. The predicted molar refractivity (Wildman–Crippen MR) is 177 cm³/mol. The fraction of sp³-hybridized carbons (Fsp3) is 0.559. The Bertz CT molecular complexity index is 989. The first-order valence-electron chi connectivity index (χ1n) is 15.0. The van der Waals surface area contributed by atoms with E-state index in [9.17, 15) is 10.0 Å². The van der Waals surface area contributed by atoms with E-state index in [2.05, 4.69) is 81.6 Å². The van der Waals surface area contributed by atoms with Gasteiger partial charge in [-0.3, -0.25) is 0 Å². The third-order valence-electron chi connectivity index (χ3n) is 6.54. The van der Waals surface area contributed by atoms with Gasteiger partial charge in [0.05, 0.1) is 33.5 Å². The monoisotopic (exact) mass is 585 g/mol. The molecule has 2 N–H and O–H groups in total. The molecule has 1 unspecified atom stereocenters. The van der Waals surface area contributed by atoms with E-state index in [1.807, 2.05) is 18.2 Å². The number of ether oxygens (including phenoxy) is 3. The second-order valence-corrected chi connectivity index (χ2v) is 9.74. The minimum atomic E-state index is -0.239. The standard InChI is InChI=1S/C34H55N3O5/c1-9-15-33(29(11-3)17-13-16-27(5)25-41-21-10-2)28(6)30(12-4)26-42-22-14-18-31(34(35-7)40-8)23-36-32(19-20-38)24-37-39/h13-18,32,36,38H,5,7,9-12,19-26H2,1-4,6,8H3/b16-13-,18-14-,29-17+,30-28+,33-15+,34-31-. The molecule has 0 rings (SSSR count). The Balaban J connectivity index is 5.56. The molecule has 0 amide bonds. The Morgan fingerprint density at radius 1 is 1.10 bits per heavy atom. The van der Waals surface area contributed by atoms with Crippen molar-refractivity contribution in [3.8, 4) is 0 Å². The maximum Gasteiger partial charge on any atom is 0.216 e. The molecule has 0 spiro atoms. The van der Waals surface area contributed by atoms with Gasteiger partial charge in [0.1, 0.15) is 0 Å². The van der Waals surface area contributed by atoms with Crippen LogP contribution < -0.4 is 5.32 Å². The van der Waals surface area contributed by atoms with Gasteiger partial charge in [0.2, 0.25) is 5.88 Å². The number of aliphatic hydroxyl groups is 1. The topological polar surface area (TPSA) is 102 Å². The molecule has 0 radical (unpaired) electrons. The maximum absolute atomic E-state index is 10.7. The Hall–Kier alpha value is -2.91. The van der Waals surface area contributed by atoms with Gasteiger partial charge in [-0.2, -0.15) is 4.91 Å². The van der Waals surface area contributed by atoms with Gasteiger partial charge in [-0.1, -0.05) is 75.9 Å². The highest BCUT2D eigenvalue weighted by Gasteiger charge is 2.12. The summed E-state index contributed by atoms with van der Waals surface area (Å²) in [4.78, 5) is 14.7. The van der Waals surface area contributed by atoms with E-state index in [0.717, 1.165) is 43.4 Å². The molecular formula is C34H55N3O5. The van der Waals surface area contributed by atoms with E-state index in [-0.39, 0.29) is 19.2 Å². The van der Waals surface area contributed by atoms with Crippen molar-refractivity contribution in [1.82, 2.24) is 5.32 Å². The summed E-state index contributed by atoms with van der Waals surface area (Å²) in [5.74, 6) is 0.380. The molecule has 0 aromatic rings. The van der Waals surface area contributed by atoms with Crippen LogP contribution in [0.1, 0.15) is 66.7 Å². The molecule has 0 aromatic carbocycles. The molecule has 42 heavy (non-hydrogen) atoms. The number of nitrogens with one attached hydrogen (secondary N) is 1. The van der Waals surface area contributed by atoms with Crippen molar-refractivity contribution >= 4 is 6.72 Å². The highest BCUT2D eigenvalue weighted by molar-refractivity contribution is 5.49. The highest BCUT2D eigenvalue weighted by Crippen LogP contribution is 2.27. The van der Waals surface area contributed by atoms with Gasteiger partial charge in [-0.25, -0.2) is 4.99 Å². The molecule has 0 fully saturated rings. The predicted octanol–water partition coefficient (Wildman–Crippen LogP) is 7.16. The minimum absolute atomic E-state index is 0.0365. The molecule has 0 heterocycles. The normalized spacial score (nSPS) is 14.6. The number of hydrogen-bond acceptors (Lipinski definition) is 8. The fourth-order valence-corrected chi connectivity index (χ4v) is 4.19. The lowest BCUT2D eigenvalue weighted by Gasteiger charge is -2.17. The van der Waals surface area contributed by atoms with Gasteiger partial charge in [-0.05, 0) is 73.6 Å². The van der Waals surface area contributed by atoms with Crippen LogP contribution in [0.15, 0.2) is 92.5 Å². The number of hydrogen-bond donors (Lipinski definition) is 2. The van der Waals surface area contributed by atoms with E-state index in [0.29, 0.717) is 38.7 Å². The van der Waals surface area contributed by atoms with Crippen LogP contribution in [0.25, 0.3) is 0 Å². The molecule has 0 aliphatic rings. The Morgan fingerprint density at radius 3 is 2.43 bits per heavy atom. The molecule has 0 aromatic heterocycles. The van der Waals surface area contributed by atoms with Gasteiger partial charge in [0.15, 0.2) is 0 Å². The van der Waals surface area contributed by atoms with Crippen molar-refractivity contribution in [3.63, 3.8) is 0 Å². The lowest BCUT2D eigenvalue weighted by molar-refractivity contribution is 0.159. The highest BCUT2D eigenvalue weighted by atomic mass is 16.5. The Kier molecular flexibility index (Phi) is 24.0. The van der Waals surface area contributed by atoms with Gasteiger partial charge in [0, 0.05) is 31.4 Å². The SMILES string of the molecule is C=N/C(OC)=C(\C=C/COC/C(CC)=C(C)/C(=C\CC)C(=C/C=C\C(=C)COCCC)/CC)CNC(CCO)CN=O. The van der Waals surface area contributed by atoms with Crippen molar-refractivity contribution in [2.24, 2.45) is 10.2 Å². The number of methoxy groups -OCH3 is 1. The van der Waals surface area contributed by atoms with Gasteiger partial charge < -0.3 is 24.6 Å². The third kappa shape index (κ3) is 16.5. The number of aliphatic hydroxyl groups excluding tert-OH is 1. The van der Waals surface area contributed by atoms with Gasteiger partial charge in [0.25, 0.3) is 0 Å². The molecule has 0 saturated carbocycles. The lowest BCUT2D eigenvalue weighted by Crippen LogP contribution is -2.34. The number of nitrogens with zero attached hydrogens (tertiary/aromatic N) is 2. The van der Waals surface area contributed by atoms with E-state index in [1.165, 1.54) is 29.4 Å². The average Bonchev–Trinajstić information content (AvgIpc) is 2.99. The van der Waals surface area contributed by atoms with Gasteiger partial charge >= 0.3 is 0 Å². The summed E-state index contributed by atoms with van der Waals surface area (Å²) >= 11 is 0. The Morgan fingerprint density at radius 2 is 1.86 bits per heavy atom. The second-order valence-electron chi connectivity index (χ2n) is 9.74. The van der Waals surface area contributed by atoms with Crippen LogP contribution in [0.2, 0.25) is 0 Å². The van der Waals surface area contributed by atoms with Crippen molar-refractivity contribution in [3.05, 3.63) is 87.3 Å². The summed E-state index contributed by atoms with van der Waals surface area (Å²) in [6.45, 7) is 21.0. The minimum Gasteiger partial charge on any atom is -0.481 e. The molecule has 0 saturated heterocycles. The zero-order valence-electron chi connectivity index (χ0n) is 26.9. The zero-order valence-corrected chi connectivity index (χ0v) is 26.9. The summed E-state index contributed by atoms with van der Waals surface area (Å²) in [6.07, 6.45) is 16.5. The number of nitroso groups, excluding NO2 is 1. The van der Waals surface area contributed by atoms with Crippen LogP contribution in [-0.4, -0.2) is 71.1 Å². The van der Waals surface area contributed by atoms with E-state index in [1.54, 1.807) is 0 Å². The van der Waals surface area contributed by atoms with Crippen molar-refractivity contribution in [2.75, 3.05) is 53.2 Å². The zero-order chi connectivity index (χ0) is 31.6.